The lowest BCUT2D eigenvalue weighted by atomic mass is 10.9. The lowest BCUT2D eigenvalue weighted by Crippen LogP contribution is -2.48. The highest BCUT2D eigenvalue weighted by Crippen LogP contribution is 1.42. The summed E-state index contributed by atoms with van der Waals surface area (Å²) in [6.45, 7) is 3.58. The molecule has 0 aliphatic heterocycles. The van der Waals surface area contributed by atoms with Crippen LogP contribution in [0.3, 0.4) is 0 Å². The molecule has 0 saturated carbocycles. The molecule has 0 atom stereocenters. The number of aliphatic carboxylic acids is 1. The Bertz CT molecular complexity index is 49.2. The minimum Gasteiger partial charge on any atom is -0.550 e. The molecule has 4 heteroatoms. The molecule has 0 aromatic heterocycles. The molecule has 8 heavy (non-hydrogen) atoms. The van der Waals surface area contributed by atoms with Gasteiger partial charge in [-0.3, -0.25) is 0 Å². The minimum atomic E-state index is -1.08. The summed E-state index contributed by atoms with van der Waals surface area (Å²) in [7, 11) is 0. The van der Waals surface area contributed by atoms with E-state index in [0.29, 0.717) is 6.61 Å². The number of carbonyl (C=O) groups is 1. The summed E-state index contributed by atoms with van der Waals surface area (Å²) in [4.78, 5) is 13.2. The lowest BCUT2D eigenvalue weighted by Gasteiger charge is -1.77. The number of carboxylic acid groups (broad SMARTS) is 1. The second kappa shape index (κ2) is 9.63. The number of carbonyl (C=O) groups excluding carboxylic acids is 1. The fraction of sp³-hybridized carbons (Fsp3) is 0.750. The molecule has 0 saturated heterocycles. The average molecular weight is 121 g/mol. The van der Waals surface area contributed by atoms with E-state index in [2.05, 4.69) is 10.7 Å². The van der Waals surface area contributed by atoms with Crippen LogP contribution in [-0.4, -0.2) is 12.6 Å². The van der Waals surface area contributed by atoms with Crippen LogP contribution in [0.4, 0.5) is 0 Å². The summed E-state index contributed by atoms with van der Waals surface area (Å²) in [5.74, 6) is 2.02. The summed E-state index contributed by atoms with van der Waals surface area (Å²) in [5, 5.41) is 8.89. The first-order valence-corrected chi connectivity index (χ1v) is 2.19. The Balaban J connectivity index is 0. The van der Waals surface area contributed by atoms with Crippen LogP contribution < -0.4 is 11.0 Å². The van der Waals surface area contributed by atoms with Crippen molar-refractivity contribution in [3.8, 4) is 0 Å². The second-order valence-electron chi connectivity index (χ2n) is 0.984. The van der Waals surface area contributed by atoms with Gasteiger partial charge in [0.1, 0.15) is 6.61 Å². The molecule has 50 valence electrons. The van der Waals surface area contributed by atoms with E-state index in [1.807, 2.05) is 6.92 Å². The first kappa shape index (κ1) is 10.4. The van der Waals surface area contributed by atoms with Gasteiger partial charge in [-0.1, -0.05) is 0 Å². The molecule has 0 aromatic carbocycles. The van der Waals surface area contributed by atoms with E-state index in [4.69, 9.17) is 9.90 Å². The summed E-state index contributed by atoms with van der Waals surface area (Å²) >= 11 is 0. The van der Waals surface area contributed by atoms with Gasteiger partial charge in [-0.25, -0.2) is 10.7 Å². The van der Waals surface area contributed by atoms with Crippen LogP contribution in [0.25, 0.3) is 0 Å². The van der Waals surface area contributed by atoms with Crippen molar-refractivity contribution >= 4 is 5.97 Å². The van der Waals surface area contributed by atoms with Crippen molar-refractivity contribution in [2.45, 2.75) is 13.8 Å². The van der Waals surface area contributed by atoms with Crippen LogP contribution in [0.2, 0.25) is 0 Å². The van der Waals surface area contributed by atoms with Crippen LogP contribution in [0.15, 0.2) is 0 Å². The van der Waals surface area contributed by atoms with Gasteiger partial charge in [-0.2, -0.15) is 0 Å². The fourth-order valence-electron chi connectivity index (χ4n) is 0. The first-order chi connectivity index (χ1) is 3.65. The Morgan fingerprint density at radius 1 is 1.88 bits per heavy atom. The van der Waals surface area contributed by atoms with Crippen LogP contribution in [0.1, 0.15) is 13.8 Å². The van der Waals surface area contributed by atoms with E-state index in [-0.39, 0.29) is 0 Å². The zero-order chi connectivity index (χ0) is 6.99. The monoisotopic (exact) mass is 121 g/mol. The third kappa shape index (κ3) is 683. The standard InChI is InChI=1S/C2H8NO.C2H4O2/c1-2-4-3;1-2(3)4/h2H2,1,3H3;1H3,(H,3,4)/q+1;/p-1. The maximum absolute atomic E-state index is 8.89. The van der Waals surface area contributed by atoms with Crippen LogP contribution in [0.5, 0.6) is 0 Å². The fourth-order valence-corrected chi connectivity index (χ4v) is 0. The molecule has 0 aliphatic carbocycles. The zero-order valence-electron chi connectivity index (χ0n) is 5.14. The van der Waals surface area contributed by atoms with Crippen LogP contribution in [-0.2, 0) is 9.63 Å². The van der Waals surface area contributed by atoms with Gasteiger partial charge in [0.15, 0.2) is 0 Å². The number of carboxylic acids is 1. The van der Waals surface area contributed by atoms with E-state index in [9.17, 15) is 0 Å². The second-order valence-corrected chi connectivity index (χ2v) is 0.984. The Labute approximate surface area is 48.2 Å². The van der Waals surface area contributed by atoms with E-state index < -0.39 is 5.97 Å². The van der Waals surface area contributed by atoms with Gasteiger partial charge < -0.3 is 9.90 Å². The van der Waals surface area contributed by atoms with Crippen molar-refractivity contribution in [1.29, 1.82) is 0 Å². The number of hydrogen-bond donors (Lipinski definition) is 1. The van der Waals surface area contributed by atoms with Crippen molar-refractivity contribution in [3.05, 3.63) is 0 Å². The maximum atomic E-state index is 8.89. The van der Waals surface area contributed by atoms with E-state index in [1.165, 1.54) is 0 Å². The molecule has 4 nitrogen and oxygen atoms in total. The van der Waals surface area contributed by atoms with Crippen molar-refractivity contribution in [3.63, 3.8) is 0 Å². The zero-order valence-corrected chi connectivity index (χ0v) is 5.14. The van der Waals surface area contributed by atoms with Gasteiger partial charge in [-0.15, -0.1) is 0 Å². The highest BCUT2D eigenvalue weighted by molar-refractivity contribution is 5.60. The van der Waals surface area contributed by atoms with Gasteiger partial charge in [0, 0.05) is 5.97 Å². The summed E-state index contributed by atoms with van der Waals surface area (Å²) in [6, 6.07) is 0. The quantitative estimate of drug-likeness (QED) is 0.405. The Kier molecular flexibility index (Phi) is 12.5. The predicted octanol–water partition coefficient (Wildman–Crippen LogP) is -2.06. The molecule has 0 rings (SSSR count). The topological polar surface area (TPSA) is 77.0 Å². The molecule has 0 aromatic rings. The highest BCUT2D eigenvalue weighted by Gasteiger charge is 1.56. The van der Waals surface area contributed by atoms with Crippen LogP contribution in [0, 0.1) is 0 Å². The Morgan fingerprint density at radius 3 is 2.00 bits per heavy atom. The molecule has 0 amide bonds. The smallest absolute Gasteiger partial charge is 0.103 e. The molecule has 3 N–H and O–H groups in total. The predicted molar refractivity (Wildman–Crippen MR) is 25.2 cm³/mol. The molecule has 0 aliphatic rings. The first-order valence-electron chi connectivity index (χ1n) is 2.19. The summed E-state index contributed by atoms with van der Waals surface area (Å²) < 4.78 is 0. The Morgan fingerprint density at radius 2 is 2.00 bits per heavy atom. The molecular formula is C4H11NO3. The van der Waals surface area contributed by atoms with E-state index in [0.717, 1.165) is 6.92 Å². The van der Waals surface area contributed by atoms with Gasteiger partial charge in [0.2, 0.25) is 0 Å². The molecule has 0 fully saturated rings. The molecule has 0 unspecified atom stereocenters. The SMILES string of the molecule is CC(=O)[O-].CCO[NH3+]. The number of hydrogen-bond acceptors (Lipinski definition) is 3. The summed E-state index contributed by atoms with van der Waals surface area (Å²) in [6.07, 6.45) is 0. The van der Waals surface area contributed by atoms with E-state index in [1.54, 1.807) is 0 Å². The third-order valence-corrected chi connectivity index (χ3v) is 0.204. The Hall–Kier alpha value is -0.610. The largest absolute Gasteiger partial charge is 0.550 e. The lowest BCUT2D eigenvalue weighted by molar-refractivity contribution is -0.688. The average Bonchev–Trinajstić information content (AvgIpc) is 1.65. The van der Waals surface area contributed by atoms with Crippen molar-refractivity contribution in [2.75, 3.05) is 6.61 Å². The number of rotatable bonds is 1. The third-order valence-electron chi connectivity index (χ3n) is 0.204. The van der Waals surface area contributed by atoms with Crippen molar-refractivity contribution < 1.29 is 20.6 Å². The molecule has 0 spiro atoms. The van der Waals surface area contributed by atoms with E-state index >= 15 is 0 Å². The van der Waals surface area contributed by atoms with Gasteiger partial charge in [0.05, 0.1) is 0 Å². The van der Waals surface area contributed by atoms with Crippen LogP contribution >= 0.6 is 0 Å². The molecule has 0 heterocycles. The number of quaternary nitrogens is 1. The van der Waals surface area contributed by atoms with Gasteiger partial charge >= 0.3 is 0 Å². The van der Waals surface area contributed by atoms with Crippen molar-refractivity contribution in [2.24, 2.45) is 0 Å². The highest BCUT2D eigenvalue weighted by atomic mass is 16.6. The molecular weight excluding hydrogens is 110 g/mol. The van der Waals surface area contributed by atoms with Gasteiger partial charge in [-0.05, 0) is 13.8 Å². The van der Waals surface area contributed by atoms with Gasteiger partial charge in [0.25, 0.3) is 0 Å². The normalized spacial score (nSPS) is 6.88. The van der Waals surface area contributed by atoms with Crippen molar-refractivity contribution in [1.82, 2.24) is 0 Å². The molecule has 0 radical (unpaired) electrons. The maximum Gasteiger partial charge on any atom is 0.103 e. The summed E-state index contributed by atoms with van der Waals surface area (Å²) in [5.41, 5.74) is 0. The molecule has 0 bridgehead atoms. The minimum absolute atomic E-state index is 0.708.